The maximum absolute atomic E-state index is 14.0. The topological polar surface area (TPSA) is 87.7 Å². The summed E-state index contributed by atoms with van der Waals surface area (Å²) >= 11 is 1.59. The van der Waals surface area contributed by atoms with E-state index in [0.717, 1.165) is 24.0 Å². The first kappa shape index (κ1) is 30.8. The van der Waals surface area contributed by atoms with Gasteiger partial charge in [0.2, 0.25) is 11.8 Å². The average molecular weight is 508 g/mol. The lowest BCUT2D eigenvalue weighted by molar-refractivity contribution is -0.144. The summed E-state index contributed by atoms with van der Waals surface area (Å²) < 4.78 is 5.42. The lowest BCUT2D eigenvalue weighted by atomic mass is 9.96. The maximum atomic E-state index is 14.0. The maximum Gasteiger partial charge on any atom is 0.408 e. The second-order valence-corrected chi connectivity index (χ2v) is 11.3. The van der Waals surface area contributed by atoms with Crippen molar-refractivity contribution < 1.29 is 19.1 Å². The lowest BCUT2D eigenvalue weighted by Gasteiger charge is -2.38. The van der Waals surface area contributed by atoms with E-state index in [1.165, 1.54) is 0 Å². The SMILES string of the molecule is CCCC(C)NC(=O)C(c1ccccc1C)N(C(=O)C(CCSC)NC(=O)OC(C)(C)C)C(C)C. The van der Waals surface area contributed by atoms with E-state index in [1.54, 1.807) is 37.4 Å². The van der Waals surface area contributed by atoms with Crippen molar-refractivity contribution in [3.05, 3.63) is 35.4 Å². The van der Waals surface area contributed by atoms with Crippen LogP contribution >= 0.6 is 11.8 Å². The van der Waals surface area contributed by atoms with E-state index in [9.17, 15) is 14.4 Å². The number of rotatable bonds is 12. The van der Waals surface area contributed by atoms with Crippen molar-refractivity contribution >= 4 is 29.7 Å². The van der Waals surface area contributed by atoms with E-state index in [0.29, 0.717) is 12.2 Å². The van der Waals surface area contributed by atoms with E-state index >= 15 is 0 Å². The summed E-state index contributed by atoms with van der Waals surface area (Å²) in [6.45, 7) is 15.1. The predicted molar refractivity (Wildman–Crippen MR) is 145 cm³/mol. The largest absolute Gasteiger partial charge is 0.444 e. The first-order chi connectivity index (χ1) is 16.3. The number of hydrogen-bond donors (Lipinski definition) is 2. The fraction of sp³-hybridized carbons (Fsp3) is 0.667. The number of nitrogens with one attached hydrogen (secondary N) is 2. The summed E-state index contributed by atoms with van der Waals surface area (Å²) in [6, 6.07) is 5.70. The molecule has 7 nitrogen and oxygen atoms in total. The molecule has 8 heteroatoms. The molecular weight excluding hydrogens is 462 g/mol. The van der Waals surface area contributed by atoms with E-state index in [1.807, 2.05) is 58.2 Å². The molecule has 0 saturated carbocycles. The number of aryl methyl sites for hydroxylation is 1. The monoisotopic (exact) mass is 507 g/mol. The third-order valence-corrected chi connectivity index (χ3v) is 6.17. The van der Waals surface area contributed by atoms with Gasteiger partial charge in [-0.1, -0.05) is 37.6 Å². The van der Waals surface area contributed by atoms with E-state index in [-0.39, 0.29) is 23.9 Å². The Bertz CT molecular complexity index is 838. The minimum Gasteiger partial charge on any atom is -0.444 e. The number of amides is 3. The van der Waals surface area contributed by atoms with Gasteiger partial charge in [-0.15, -0.1) is 0 Å². The van der Waals surface area contributed by atoms with Gasteiger partial charge in [-0.3, -0.25) is 9.59 Å². The molecule has 0 aliphatic carbocycles. The zero-order valence-corrected chi connectivity index (χ0v) is 23.8. The molecule has 0 aliphatic rings. The van der Waals surface area contributed by atoms with Crippen LogP contribution in [0.15, 0.2) is 24.3 Å². The molecule has 0 fully saturated rings. The minimum absolute atomic E-state index is 0.0182. The summed E-state index contributed by atoms with van der Waals surface area (Å²) in [7, 11) is 0. The summed E-state index contributed by atoms with van der Waals surface area (Å²) in [6.07, 6.45) is 3.53. The normalized spacial score (nSPS) is 14.1. The van der Waals surface area contributed by atoms with E-state index < -0.39 is 23.8 Å². The molecule has 0 bridgehead atoms. The molecule has 1 aromatic carbocycles. The van der Waals surface area contributed by atoms with E-state index in [4.69, 9.17) is 4.74 Å². The number of benzene rings is 1. The number of carbonyl (C=O) groups excluding carboxylic acids is 3. The zero-order chi connectivity index (χ0) is 26.8. The van der Waals surface area contributed by atoms with Crippen molar-refractivity contribution in [2.75, 3.05) is 12.0 Å². The van der Waals surface area contributed by atoms with Gasteiger partial charge in [0.15, 0.2) is 0 Å². The van der Waals surface area contributed by atoms with Crippen molar-refractivity contribution in [3.63, 3.8) is 0 Å². The van der Waals surface area contributed by atoms with Crippen LogP contribution in [0.4, 0.5) is 4.79 Å². The van der Waals surface area contributed by atoms with Gasteiger partial charge < -0.3 is 20.3 Å². The molecule has 1 aromatic rings. The van der Waals surface area contributed by atoms with Gasteiger partial charge in [0.1, 0.15) is 17.7 Å². The molecular formula is C27H45N3O4S. The Morgan fingerprint density at radius 3 is 2.20 bits per heavy atom. The van der Waals surface area contributed by atoms with Crippen LogP contribution in [0.5, 0.6) is 0 Å². The van der Waals surface area contributed by atoms with Crippen LogP contribution in [-0.4, -0.2) is 58.5 Å². The Morgan fingerprint density at radius 1 is 1.06 bits per heavy atom. The highest BCUT2D eigenvalue weighted by Crippen LogP contribution is 2.28. The smallest absolute Gasteiger partial charge is 0.408 e. The molecule has 35 heavy (non-hydrogen) atoms. The Balaban J connectivity index is 3.44. The fourth-order valence-electron chi connectivity index (χ4n) is 3.94. The Morgan fingerprint density at radius 2 is 1.69 bits per heavy atom. The molecule has 0 heterocycles. The van der Waals surface area contributed by atoms with Crippen molar-refractivity contribution in [1.82, 2.24) is 15.5 Å². The average Bonchev–Trinajstić information content (AvgIpc) is 2.73. The molecule has 1 rings (SSSR count). The van der Waals surface area contributed by atoms with Crippen molar-refractivity contribution in [2.24, 2.45) is 0 Å². The molecule has 0 radical (unpaired) electrons. The van der Waals surface area contributed by atoms with Gasteiger partial charge in [-0.2, -0.15) is 11.8 Å². The first-order valence-corrected chi connectivity index (χ1v) is 13.9. The Kier molecular flexibility index (Phi) is 12.6. The van der Waals surface area contributed by atoms with Gasteiger partial charge in [-0.05, 0) is 84.4 Å². The molecule has 0 spiro atoms. The molecule has 3 atom stereocenters. The number of nitrogens with zero attached hydrogens (tertiary/aromatic N) is 1. The second-order valence-electron chi connectivity index (χ2n) is 10.3. The highest BCUT2D eigenvalue weighted by atomic mass is 32.2. The quantitative estimate of drug-likeness (QED) is 0.405. The van der Waals surface area contributed by atoms with Crippen LogP contribution in [0.3, 0.4) is 0 Å². The van der Waals surface area contributed by atoms with Gasteiger partial charge in [0.25, 0.3) is 0 Å². The van der Waals surface area contributed by atoms with Crippen molar-refractivity contribution in [3.8, 4) is 0 Å². The Labute approximate surface area is 216 Å². The van der Waals surface area contributed by atoms with Crippen LogP contribution < -0.4 is 10.6 Å². The molecule has 3 unspecified atom stereocenters. The third kappa shape index (κ3) is 10.1. The molecule has 3 amide bonds. The van der Waals surface area contributed by atoms with Gasteiger partial charge >= 0.3 is 6.09 Å². The number of thioether (sulfide) groups is 1. The molecule has 0 aromatic heterocycles. The van der Waals surface area contributed by atoms with E-state index in [2.05, 4.69) is 17.6 Å². The van der Waals surface area contributed by atoms with Gasteiger partial charge in [0, 0.05) is 12.1 Å². The summed E-state index contributed by atoms with van der Waals surface area (Å²) in [5.74, 6) is 0.155. The Hall–Kier alpha value is -2.22. The second kappa shape index (κ2) is 14.4. The van der Waals surface area contributed by atoms with Crippen molar-refractivity contribution in [2.45, 2.75) is 104 Å². The van der Waals surface area contributed by atoms with Gasteiger partial charge in [0.05, 0.1) is 0 Å². The van der Waals surface area contributed by atoms with Crippen LogP contribution in [0.25, 0.3) is 0 Å². The van der Waals surface area contributed by atoms with Crippen LogP contribution in [0, 0.1) is 6.92 Å². The zero-order valence-electron chi connectivity index (χ0n) is 22.9. The molecule has 2 N–H and O–H groups in total. The van der Waals surface area contributed by atoms with Crippen molar-refractivity contribution in [1.29, 1.82) is 0 Å². The highest BCUT2D eigenvalue weighted by molar-refractivity contribution is 7.98. The minimum atomic E-state index is -0.819. The van der Waals surface area contributed by atoms with Crippen LogP contribution in [0.2, 0.25) is 0 Å². The number of carbonyl (C=O) groups is 3. The van der Waals surface area contributed by atoms with Gasteiger partial charge in [-0.25, -0.2) is 4.79 Å². The standard InChI is InChI=1S/C27H45N3O4S/c1-10-13-20(5)28-24(31)23(21-15-12-11-14-19(21)4)30(18(2)3)25(32)22(16-17-35-9)29-26(33)34-27(6,7)8/h11-12,14-15,18,20,22-23H,10,13,16-17H2,1-9H3,(H,28,31)(H,29,33). The van der Waals surface area contributed by atoms with Crippen LogP contribution in [-0.2, 0) is 14.3 Å². The number of alkyl carbamates (subject to hydrolysis) is 1. The lowest BCUT2D eigenvalue weighted by Crippen LogP contribution is -2.55. The number of hydrogen-bond acceptors (Lipinski definition) is 5. The summed E-state index contributed by atoms with van der Waals surface area (Å²) in [4.78, 5) is 41.9. The predicted octanol–water partition coefficient (Wildman–Crippen LogP) is 5.22. The summed E-state index contributed by atoms with van der Waals surface area (Å²) in [5, 5.41) is 5.87. The third-order valence-electron chi connectivity index (χ3n) is 5.53. The fourth-order valence-corrected chi connectivity index (χ4v) is 4.41. The molecule has 0 saturated heterocycles. The van der Waals surface area contributed by atoms with Crippen LogP contribution in [0.1, 0.15) is 84.9 Å². The highest BCUT2D eigenvalue weighted by Gasteiger charge is 2.38. The molecule has 198 valence electrons. The summed E-state index contributed by atoms with van der Waals surface area (Å²) in [5.41, 5.74) is 1.01. The first-order valence-electron chi connectivity index (χ1n) is 12.5. The molecule has 0 aliphatic heterocycles. The number of ether oxygens (including phenoxy) is 1.